The van der Waals surface area contributed by atoms with Crippen molar-refractivity contribution >= 4 is 11.7 Å². The number of pyridine rings is 1. The predicted molar refractivity (Wildman–Crippen MR) is 118 cm³/mol. The lowest BCUT2D eigenvalue weighted by atomic mass is 10.1. The van der Waals surface area contributed by atoms with Gasteiger partial charge >= 0.3 is 0 Å². The van der Waals surface area contributed by atoms with Crippen LogP contribution in [0.2, 0.25) is 0 Å². The summed E-state index contributed by atoms with van der Waals surface area (Å²) in [6, 6.07) is 3.84. The monoisotopic (exact) mass is 415 g/mol. The van der Waals surface area contributed by atoms with Gasteiger partial charge in [0, 0.05) is 12.7 Å². The molecule has 8 nitrogen and oxygen atoms in total. The molecule has 0 aliphatic carbocycles. The van der Waals surface area contributed by atoms with Crippen molar-refractivity contribution in [3.8, 4) is 23.0 Å². The van der Waals surface area contributed by atoms with Crippen LogP contribution < -0.4 is 20.5 Å². The van der Waals surface area contributed by atoms with E-state index in [0.717, 1.165) is 24.2 Å². The number of ether oxygens (including phenoxy) is 2. The number of primary amides is 1. The Morgan fingerprint density at radius 1 is 1.10 bits per heavy atom. The topological polar surface area (TPSA) is 112 Å². The number of nitrogens with zero attached hydrogens (tertiary/aromatic N) is 3. The first-order chi connectivity index (χ1) is 14.3. The molecule has 164 valence electrons. The van der Waals surface area contributed by atoms with Gasteiger partial charge in [0.25, 0.3) is 11.8 Å². The molecule has 3 N–H and O–H groups in total. The largest absolute Gasteiger partial charge is 0.472 e. The molecule has 0 unspecified atom stereocenters. The number of carbonyl (C=O) groups is 1. The lowest BCUT2D eigenvalue weighted by molar-refractivity contribution is -0.120. The summed E-state index contributed by atoms with van der Waals surface area (Å²) in [7, 11) is 1.78. The minimum atomic E-state index is -0.565. The molecule has 2 aromatic heterocycles. The van der Waals surface area contributed by atoms with Gasteiger partial charge in [-0.05, 0) is 37.3 Å². The average Bonchev–Trinajstić information content (AvgIpc) is 2.75. The second-order valence-corrected chi connectivity index (χ2v) is 7.33. The van der Waals surface area contributed by atoms with E-state index < -0.39 is 5.91 Å². The van der Waals surface area contributed by atoms with Gasteiger partial charge in [-0.1, -0.05) is 34.6 Å². The highest BCUT2D eigenvalue weighted by atomic mass is 16.5. The third kappa shape index (κ3) is 5.58. The maximum Gasteiger partial charge on any atom is 0.257 e. The minimum Gasteiger partial charge on any atom is -0.472 e. The van der Waals surface area contributed by atoms with Crippen molar-refractivity contribution in [2.75, 3.05) is 19.0 Å². The summed E-state index contributed by atoms with van der Waals surface area (Å²) >= 11 is 0. The molecule has 0 bridgehead atoms. The summed E-state index contributed by atoms with van der Waals surface area (Å²) in [5.41, 5.74) is 8.19. The zero-order valence-electron chi connectivity index (χ0n) is 18.8. The highest BCUT2D eigenvalue weighted by Gasteiger charge is 2.21. The van der Waals surface area contributed by atoms with Crippen LogP contribution in [0, 0.1) is 0 Å². The number of hydrogen-bond acceptors (Lipinski definition) is 7. The number of aryl methyl sites for hydroxylation is 1. The molecular weight excluding hydrogens is 382 g/mol. The molecular formula is C22H33N5O3. The molecule has 2 rings (SSSR count). The number of nitrogens with two attached hydrogens (primary N) is 1. The van der Waals surface area contributed by atoms with Crippen LogP contribution >= 0.6 is 0 Å². The van der Waals surface area contributed by atoms with Crippen molar-refractivity contribution in [3.05, 3.63) is 23.5 Å². The molecule has 0 radical (unpaired) electrons. The molecule has 2 aromatic rings. The standard InChI is InChI=1S/C22H33N5O3/c1-7-14(8-2)30-22-20(24-6)27-19(16(9-3)25-22)15-10-11-17(13(4)5)26-21(15)29-12-18(23)28/h10-11,13-14H,7-9,12H2,1-6H3,(H2,23,28)(H,24,27). The fraction of sp³-hybridized carbons (Fsp3) is 0.545. The predicted octanol–water partition coefficient (Wildman–Crippen LogP) is 3.70. The van der Waals surface area contributed by atoms with Crippen LogP contribution in [0.1, 0.15) is 64.8 Å². The highest BCUT2D eigenvalue weighted by Crippen LogP contribution is 2.34. The van der Waals surface area contributed by atoms with Crippen LogP contribution in [0.15, 0.2) is 12.1 Å². The first kappa shape index (κ1) is 23.4. The van der Waals surface area contributed by atoms with E-state index in [2.05, 4.69) is 24.1 Å². The number of aromatic nitrogens is 3. The summed E-state index contributed by atoms with van der Waals surface area (Å²) in [5, 5.41) is 3.08. The van der Waals surface area contributed by atoms with E-state index in [1.165, 1.54) is 0 Å². The molecule has 0 aliphatic rings. The zero-order chi connectivity index (χ0) is 22.3. The van der Waals surface area contributed by atoms with E-state index in [9.17, 15) is 4.79 Å². The van der Waals surface area contributed by atoms with Crippen LogP contribution in [-0.2, 0) is 11.2 Å². The van der Waals surface area contributed by atoms with Gasteiger partial charge in [-0.15, -0.1) is 0 Å². The lowest BCUT2D eigenvalue weighted by Gasteiger charge is -2.20. The van der Waals surface area contributed by atoms with Crippen molar-refractivity contribution in [2.24, 2.45) is 5.73 Å². The van der Waals surface area contributed by atoms with E-state index >= 15 is 0 Å². The highest BCUT2D eigenvalue weighted by molar-refractivity contribution is 5.76. The van der Waals surface area contributed by atoms with Crippen molar-refractivity contribution in [1.29, 1.82) is 0 Å². The molecule has 0 saturated heterocycles. The smallest absolute Gasteiger partial charge is 0.257 e. The number of amides is 1. The normalized spacial score (nSPS) is 11.1. The molecule has 0 saturated carbocycles. The Kier molecular flexibility index (Phi) is 8.38. The van der Waals surface area contributed by atoms with Crippen LogP contribution in [0.3, 0.4) is 0 Å². The Hall–Kier alpha value is -2.90. The van der Waals surface area contributed by atoms with Gasteiger partial charge in [0.2, 0.25) is 5.88 Å². The summed E-state index contributed by atoms with van der Waals surface area (Å²) < 4.78 is 11.7. The van der Waals surface area contributed by atoms with Gasteiger partial charge in [-0.2, -0.15) is 0 Å². The molecule has 0 fully saturated rings. The van der Waals surface area contributed by atoms with Gasteiger partial charge in [0.15, 0.2) is 12.4 Å². The van der Waals surface area contributed by atoms with Crippen molar-refractivity contribution in [3.63, 3.8) is 0 Å². The van der Waals surface area contributed by atoms with Gasteiger partial charge in [-0.3, -0.25) is 4.79 Å². The van der Waals surface area contributed by atoms with E-state index in [4.69, 9.17) is 25.2 Å². The van der Waals surface area contributed by atoms with E-state index in [0.29, 0.717) is 35.3 Å². The van der Waals surface area contributed by atoms with Crippen LogP contribution in [0.4, 0.5) is 5.82 Å². The SMILES string of the molecule is CCc1nc(OC(CC)CC)c(NC)nc1-c1ccc(C(C)C)nc1OCC(N)=O. The van der Waals surface area contributed by atoms with Crippen LogP contribution in [0.5, 0.6) is 11.8 Å². The summed E-state index contributed by atoms with van der Waals surface area (Å²) in [4.78, 5) is 25.4. The van der Waals surface area contributed by atoms with Crippen LogP contribution in [0.25, 0.3) is 11.3 Å². The Bertz CT molecular complexity index is 866. The molecule has 1 amide bonds. The third-order valence-corrected chi connectivity index (χ3v) is 4.78. The van der Waals surface area contributed by atoms with E-state index in [-0.39, 0.29) is 18.6 Å². The van der Waals surface area contributed by atoms with Crippen molar-refractivity contribution in [1.82, 2.24) is 15.0 Å². The summed E-state index contributed by atoms with van der Waals surface area (Å²) in [6.45, 7) is 10.00. The molecule has 8 heteroatoms. The Morgan fingerprint density at radius 3 is 2.33 bits per heavy atom. The zero-order valence-corrected chi connectivity index (χ0v) is 18.8. The Balaban J connectivity index is 2.59. The Morgan fingerprint density at radius 2 is 1.80 bits per heavy atom. The minimum absolute atomic E-state index is 0.0726. The number of hydrogen-bond donors (Lipinski definition) is 2. The molecule has 2 heterocycles. The maximum absolute atomic E-state index is 11.3. The summed E-state index contributed by atoms with van der Waals surface area (Å²) in [6.07, 6.45) is 2.49. The number of nitrogens with one attached hydrogen (secondary N) is 1. The number of anilines is 1. The Labute approximate surface area is 178 Å². The van der Waals surface area contributed by atoms with Gasteiger partial charge in [0.05, 0.1) is 17.0 Å². The number of rotatable bonds is 11. The second-order valence-electron chi connectivity index (χ2n) is 7.33. The van der Waals surface area contributed by atoms with Crippen molar-refractivity contribution in [2.45, 2.75) is 65.9 Å². The van der Waals surface area contributed by atoms with Gasteiger partial charge in [-0.25, -0.2) is 15.0 Å². The fourth-order valence-corrected chi connectivity index (χ4v) is 2.98. The average molecular weight is 416 g/mol. The molecule has 0 atom stereocenters. The quantitative estimate of drug-likeness (QED) is 0.575. The van der Waals surface area contributed by atoms with Crippen LogP contribution in [-0.4, -0.2) is 40.6 Å². The first-order valence-electron chi connectivity index (χ1n) is 10.5. The van der Waals surface area contributed by atoms with Crippen molar-refractivity contribution < 1.29 is 14.3 Å². The molecule has 0 aromatic carbocycles. The lowest BCUT2D eigenvalue weighted by Crippen LogP contribution is -2.21. The number of carbonyl (C=O) groups excluding carboxylic acids is 1. The van der Waals surface area contributed by atoms with E-state index in [1.807, 2.05) is 32.9 Å². The fourth-order valence-electron chi connectivity index (χ4n) is 2.98. The van der Waals surface area contributed by atoms with Gasteiger partial charge in [0.1, 0.15) is 6.10 Å². The third-order valence-electron chi connectivity index (χ3n) is 4.78. The second kappa shape index (κ2) is 10.8. The van der Waals surface area contributed by atoms with Gasteiger partial charge < -0.3 is 20.5 Å². The molecule has 0 aliphatic heterocycles. The first-order valence-corrected chi connectivity index (χ1v) is 10.5. The molecule has 30 heavy (non-hydrogen) atoms. The molecule has 0 spiro atoms. The van der Waals surface area contributed by atoms with E-state index in [1.54, 1.807) is 7.05 Å². The maximum atomic E-state index is 11.3. The summed E-state index contributed by atoms with van der Waals surface area (Å²) in [5.74, 6) is 0.987.